The third-order valence-electron chi connectivity index (χ3n) is 4.29. The van der Waals surface area contributed by atoms with Gasteiger partial charge in [-0.05, 0) is 63.3 Å². The lowest BCUT2D eigenvalue weighted by atomic mass is 10.1. The lowest BCUT2D eigenvalue weighted by Gasteiger charge is -2.17. The first kappa shape index (κ1) is 18.4. The third kappa shape index (κ3) is 5.54. The predicted octanol–water partition coefficient (Wildman–Crippen LogP) is 4.71. The Kier molecular flexibility index (Phi) is 5.85. The second-order valence-electron chi connectivity index (χ2n) is 7.27. The molecule has 0 aromatic heterocycles. The van der Waals surface area contributed by atoms with Gasteiger partial charge in [-0.2, -0.15) is 0 Å². The molecule has 136 valence electrons. The first-order valence-corrected chi connectivity index (χ1v) is 9.22. The molecule has 3 rings (SSSR count). The van der Waals surface area contributed by atoms with Crippen molar-refractivity contribution in [2.24, 2.45) is 0 Å². The number of rotatable bonds is 5. The number of hydrogen-bond acceptors (Lipinski definition) is 3. The van der Waals surface area contributed by atoms with Crippen LogP contribution in [0.15, 0.2) is 48.5 Å². The van der Waals surface area contributed by atoms with Crippen LogP contribution in [0, 0.1) is 11.8 Å². The van der Waals surface area contributed by atoms with Crippen LogP contribution in [0.25, 0.3) is 0 Å². The summed E-state index contributed by atoms with van der Waals surface area (Å²) in [6.45, 7) is 3.82. The SMILES string of the molecule is CC(C)(O)C#Cc1ccc(OC2CCCC2)c(OCc2ccccc2)c1. The van der Waals surface area contributed by atoms with Gasteiger partial charge in [0.05, 0.1) is 6.10 Å². The molecule has 0 aliphatic heterocycles. The van der Waals surface area contributed by atoms with Crippen molar-refractivity contribution in [1.82, 2.24) is 0 Å². The van der Waals surface area contributed by atoms with Crippen LogP contribution in [0.5, 0.6) is 11.5 Å². The fourth-order valence-electron chi connectivity index (χ4n) is 2.94. The quantitative estimate of drug-likeness (QED) is 0.794. The zero-order valence-electron chi connectivity index (χ0n) is 15.5. The predicted molar refractivity (Wildman–Crippen MR) is 103 cm³/mol. The topological polar surface area (TPSA) is 38.7 Å². The van der Waals surface area contributed by atoms with Crippen LogP contribution in [0.4, 0.5) is 0 Å². The molecule has 26 heavy (non-hydrogen) atoms. The Morgan fingerprint density at radius 1 is 1.04 bits per heavy atom. The van der Waals surface area contributed by atoms with E-state index in [0.717, 1.165) is 29.7 Å². The van der Waals surface area contributed by atoms with E-state index in [1.54, 1.807) is 13.8 Å². The zero-order valence-corrected chi connectivity index (χ0v) is 15.5. The van der Waals surface area contributed by atoms with Crippen LogP contribution in [-0.2, 0) is 6.61 Å². The van der Waals surface area contributed by atoms with Crippen molar-refractivity contribution >= 4 is 0 Å². The van der Waals surface area contributed by atoms with E-state index in [4.69, 9.17) is 9.47 Å². The summed E-state index contributed by atoms with van der Waals surface area (Å²) in [5.41, 5.74) is 0.880. The van der Waals surface area contributed by atoms with Gasteiger partial charge in [0.2, 0.25) is 0 Å². The molecule has 1 N–H and O–H groups in total. The first-order valence-electron chi connectivity index (χ1n) is 9.22. The van der Waals surface area contributed by atoms with E-state index in [-0.39, 0.29) is 6.10 Å². The number of ether oxygens (including phenoxy) is 2. The summed E-state index contributed by atoms with van der Waals surface area (Å²) in [5, 5.41) is 9.82. The Balaban J connectivity index is 1.81. The maximum Gasteiger partial charge on any atom is 0.162 e. The van der Waals surface area contributed by atoms with Crippen molar-refractivity contribution in [2.45, 2.75) is 57.8 Å². The minimum absolute atomic E-state index is 0.266. The van der Waals surface area contributed by atoms with Crippen molar-refractivity contribution in [1.29, 1.82) is 0 Å². The van der Waals surface area contributed by atoms with E-state index in [2.05, 4.69) is 11.8 Å². The van der Waals surface area contributed by atoms with Crippen LogP contribution in [0.1, 0.15) is 50.7 Å². The maximum absolute atomic E-state index is 9.82. The fraction of sp³-hybridized carbons (Fsp3) is 0.391. The Bertz CT molecular complexity index is 773. The lowest BCUT2D eigenvalue weighted by Crippen LogP contribution is -2.14. The Morgan fingerprint density at radius 2 is 1.77 bits per heavy atom. The largest absolute Gasteiger partial charge is 0.487 e. The molecular weight excluding hydrogens is 324 g/mol. The van der Waals surface area contributed by atoms with E-state index in [9.17, 15) is 5.11 Å². The van der Waals surface area contributed by atoms with E-state index < -0.39 is 5.60 Å². The molecule has 0 heterocycles. The van der Waals surface area contributed by atoms with E-state index >= 15 is 0 Å². The molecule has 2 aromatic carbocycles. The molecule has 1 fully saturated rings. The smallest absolute Gasteiger partial charge is 0.162 e. The lowest BCUT2D eigenvalue weighted by molar-refractivity contribution is 0.143. The fourth-order valence-corrected chi connectivity index (χ4v) is 2.94. The average Bonchev–Trinajstić information content (AvgIpc) is 3.13. The number of hydrogen-bond donors (Lipinski definition) is 1. The average molecular weight is 350 g/mol. The molecule has 1 aliphatic carbocycles. The molecule has 3 nitrogen and oxygen atoms in total. The second-order valence-corrected chi connectivity index (χ2v) is 7.27. The van der Waals surface area contributed by atoms with Gasteiger partial charge < -0.3 is 14.6 Å². The van der Waals surface area contributed by atoms with Crippen molar-refractivity contribution < 1.29 is 14.6 Å². The molecule has 0 unspecified atom stereocenters. The van der Waals surface area contributed by atoms with Crippen LogP contribution < -0.4 is 9.47 Å². The summed E-state index contributed by atoms with van der Waals surface area (Å²) >= 11 is 0. The highest BCUT2D eigenvalue weighted by Crippen LogP contribution is 2.33. The number of benzene rings is 2. The summed E-state index contributed by atoms with van der Waals surface area (Å²) in [5.74, 6) is 7.31. The summed E-state index contributed by atoms with van der Waals surface area (Å²) in [6.07, 6.45) is 4.90. The summed E-state index contributed by atoms with van der Waals surface area (Å²) < 4.78 is 12.2. The van der Waals surface area contributed by atoms with Gasteiger partial charge in [-0.15, -0.1) is 0 Å². The summed E-state index contributed by atoms with van der Waals surface area (Å²) in [6, 6.07) is 15.8. The van der Waals surface area contributed by atoms with Gasteiger partial charge in [0, 0.05) is 5.56 Å². The van der Waals surface area contributed by atoms with Gasteiger partial charge in [0.25, 0.3) is 0 Å². The number of aliphatic hydroxyl groups is 1. The van der Waals surface area contributed by atoms with Gasteiger partial charge in [0.15, 0.2) is 11.5 Å². The van der Waals surface area contributed by atoms with Crippen LogP contribution >= 0.6 is 0 Å². The monoisotopic (exact) mass is 350 g/mol. The van der Waals surface area contributed by atoms with Gasteiger partial charge in [-0.25, -0.2) is 0 Å². The van der Waals surface area contributed by atoms with Gasteiger partial charge in [0.1, 0.15) is 12.2 Å². The standard InChI is InChI=1S/C23H26O3/c1-23(2,24)15-14-18-12-13-21(26-20-10-6-7-11-20)22(16-18)25-17-19-8-4-3-5-9-19/h3-5,8-9,12-13,16,20,24H,6-7,10-11,17H2,1-2H3. The highest BCUT2D eigenvalue weighted by molar-refractivity contribution is 5.49. The second kappa shape index (κ2) is 8.29. The molecule has 3 heteroatoms. The van der Waals surface area contributed by atoms with E-state index in [0.29, 0.717) is 12.4 Å². The molecule has 0 saturated heterocycles. The molecule has 0 spiro atoms. The minimum atomic E-state index is -1.02. The molecular formula is C23H26O3. The molecule has 2 aromatic rings. The first-order chi connectivity index (χ1) is 12.5. The van der Waals surface area contributed by atoms with Gasteiger partial charge in [-0.1, -0.05) is 42.2 Å². The minimum Gasteiger partial charge on any atom is -0.487 e. The molecule has 0 amide bonds. The van der Waals surface area contributed by atoms with Crippen molar-refractivity contribution in [2.75, 3.05) is 0 Å². The van der Waals surface area contributed by atoms with Gasteiger partial charge >= 0.3 is 0 Å². The third-order valence-corrected chi connectivity index (χ3v) is 4.29. The van der Waals surface area contributed by atoms with Crippen molar-refractivity contribution in [3.63, 3.8) is 0 Å². The molecule has 0 atom stereocenters. The normalized spacial score (nSPS) is 14.6. The molecule has 0 radical (unpaired) electrons. The highest BCUT2D eigenvalue weighted by atomic mass is 16.5. The zero-order chi connectivity index (χ0) is 18.4. The summed E-state index contributed by atoms with van der Waals surface area (Å²) in [7, 11) is 0. The van der Waals surface area contributed by atoms with E-state index in [1.165, 1.54) is 12.8 Å². The molecule has 1 saturated carbocycles. The van der Waals surface area contributed by atoms with E-state index in [1.807, 2.05) is 48.5 Å². The Morgan fingerprint density at radius 3 is 2.46 bits per heavy atom. The van der Waals surface area contributed by atoms with Gasteiger partial charge in [-0.3, -0.25) is 0 Å². The van der Waals surface area contributed by atoms with Crippen molar-refractivity contribution in [3.05, 3.63) is 59.7 Å². The molecule has 0 bridgehead atoms. The molecule has 1 aliphatic rings. The van der Waals surface area contributed by atoms with Crippen LogP contribution in [0.2, 0.25) is 0 Å². The summed E-state index contributed by atoms with van der Waals surface area (Å²) in [4.78, 5) is 0. The Labute approximate surface area is 156 Å². The van der Waals surface area contributed by atoms with Crippen LogP contribution in [0.3, 0.4) is 0 Å². The maximum atomic E-state index is 9.82. The van der Waals surface area contributed by atoms with Crippen LogP contribution in [-0.4, -0.2) is 16.8 Å². The van der Waals surface area contributed by atoms with Crippen molar-refractivity contribution in [3.8, 4) is 23.3 Å². The Hall–Kier alpha value is -2.44. The highest BCUT2D eigenvalue weighted by Gasteiger charge is 2.18.